The van der Waals surface area contributed by atoms with Crippen molar-refractivity contribution in [3.05, 3.63) is 109 Å². The summed E-state index contributed by atoms with van der Waals surface area (Å²) in [4.78, 5) is 38.2. The first-order chi connectivity index (χ1) is 37.0. The molecule has 0 amide bonds. The van der Waals surface area contributed by atoms with Crippen LogP contribution in [0.25, 0.3) is 0 Å². The van der Waals surface area contributed by atoms with Crippen LogP contribution in [0.4, 0.5) is 0 Å². The van der Waals surface area contributed by atoms with Gasteiger partial charge in [-0.25, -0.2) is 0 Å². The molecular formula is C69H116O6. The summed E-state index contributed by atoms with van der Waals surface area (Å²) in [5.74, 6) is -0.906. The van der Waals surface area contributed by atoms with E-state index in [4.69, 9.17) is 14.2 Å². The zero-order chi connectivity index (χ0) is 54.3. The fourth-order valence-corrected chi connectivity index (χ4v) is 8.58. The van der Waals surface area contributed by atoms with Crippen molar-refractivity contribution in [3.8, 4) is 0 Å². The summed E-state index contributed by atoms with van der Waals surface area (Å²) in [5.41, 5.74) is 0. The number of allylic oxidation sites excluding steroid dienone is 18. The second kappa shape index (κ2) is 62.6. The smallest absolute Gasteiger partial charge is 0.306 e. The molecule has 6 heteroatoms. The molecule has 0 fully saturated rings. The lowest BCUT2D eigenvalue weighted by Crippen LogP contribution is -2.30. The highest BCUT2D eigenvalue weighted by Crippen LogP contribution is 2.16. The molecule has 428 valence electrons. The number of rotatable bonds is 56. The number of hydrogen-bond acceptors (Lipinski definition) is 6. The molecule has 0 radical (unpaired) electrons. The predicted octanol–water partition coefficient (Wildman–Crippen LogP) is 21.4. The van der Waals surface area contributed by atoms with Gasteiger partial charge in [0.05, 0.1) is 0 Å². The molecule has 0 aliphatic heterocycles. The Morgan fingerprint density at radius 1 is 0.280 bits per heavy atom. The van der Waals surface area contributed by atoms with Crippen molar-refractivity contribution >= 4 is 17.9 Å². The normalized spacial score (nSPS) is 12.8. The third-order valence-corrected chi connectivity index (χ3v) is 13.2. The number of ether oxygens (including phenoxy) is 3. The Morgan fingerprint density at radius 3 is 0.827 bits per heavy atom. The molecule has 0 rings (SSSR count). The molecule has 0 saturated carbocycles. The van der Waals surface area contributed by atoms with Crippen molar-refractivity contribution in [1.82, 2.24) is 0 Å². The van der Waals surface area contributed by atoms with Gasteiger partial charge in [0.15, 0.2) is 6.10 Å². The monoisotopic (exact) mass is 1040 g/mol. The molecule has 1 unspecified atom stereocenters. The molecule has 0 spiro atoms. The minimum Gasteiger partial charge on any atom is -0.462 e. The third kappa shape index (κ3) is 60.8. The topological polar surface area (TPSA) is 78.9 Å². The predicted molar refractivity (Wildman–Crippen MR) is 325 cm³/mol. The number of esters is 3. The SMILES string of the molecule is CC/C=C\C/C=C\C/C=C\C/C=C\CCCCCCCCCCCCCCCCC(=O)OCC(COC(=O)CCCCCCC/C=C\CCCC)OC(=O)CCCCCCCC/C=C\C/C=C\C/C=C\C/C=C\CC. The highest BCUT2D eigenvalue weighted by Gasteiger charge is 2.19. The highest BCUT2D eigenvalue weighted by atomic mass is 16.6. The van der Waals surface area contributed by atoms with Crippen LogP contribution in [0.5, 0.6) is 0 Å². The third-order valence-electron chi connectivity index (χ3n) is 13.2. The van der Waals surface area contributed by atoms with Crippen molar-refractivity contribution in [1.29, 1.82) is 0 Å². The maximum Gasteiger partial charge on any atom is 0.306 e. The second-order valence-corrected chi connectivity index (χ2v) is 20.5. The number of unbranched alkanes of at least 4 members (excludes halogenated alkanes) is 27. The van der Waals surface area contributed by atoms with Crippen LogP contribution in [0.1, 0.15) is 290 Å². The first kappa shape index (κ1) is 71.1. The fourth-order valence-electron chi connectivity index (χ4n) is 8.58. The lowest BCUT2D eigenvalue weighted by Gasteiger charge is -2.18. The lowest BCUT2D eigenvalue weighted by molar-refractivity contribution is -0.167. The molecule has 0 aromatic heterocycles. The summed E-state index contributed by atoms with van der Waals surface area (Å²) in [5, 5.41) is 0. The molecule has 0 saturated heterocycles. The van der Waals surface area contributed by atoms with Gasteiger partial charge < -0.3 is 14.2 Å². The van der Waals surface area contributed by atoms with Gasteiger partial charge in [-0.3, -0.25) is 14.4 Å². The van der Waals surface area contributed by atoms with E-state index < -0.39 is 6.10 Å². The van der Waals surface area contributed by atoms with E-state index in [1.165, 1.54) is 122 Å². The van der Waals surface area contributed by atoms with E-state index in [0.717, 1.165) is 128 Å². The van der Waals surface area contributed by atoms with E-state index >= 15 is 0 Å². The fraction of sp³-hybridized carbons (Fsp3) is 0.696. The molecule has 0 N–H and O–H groups in total. The minimum absolute atomic E-state index is 0.0866. The van der Waals surface area contributed by atoms with Crippen LogP contribution in [0.2, 0.25) is 0 Å². The Kier molecular flexibility index (Phi) is 59.3. The highest BCUT2D eigenvalue weighted by molar-refractivity contribution is 5.71. The van der Waals surface area contributed by atoms with Crippen molar-refractivity contribution in [2.45, 2.75) is 297 Å². The van der Waals surface area contributed by atoms with Crippen molar-refractivity contribution in [2.24, 2.45) is 0 Å². The van der Waals surface area contributed by atoms with Crippen LogP contribution in [0, 0.1) is 0 Å². The van der Waals surface area contributed by atoms with E-state index in [1.807, 2.05) is 0 Å². The lowest BCUT2D eigenvalue weighted by atomic mass is 10.0. The summed E-state index contributed by atoms with van der Waals surface area (Å²) < 4.78 is 16.9. The molecule has 0 heterocycles. The maximum absolute atomic E-state index is 12.9. The van der Waals surface area contributed by atoms with Gasteiger partial charge in [0, 0.05) is 19.3 Å². The average Bonchev–Trinajstić information content (AvgIpc) is 3.41. The first-order valence-corrected chi connectivity index (χ1v) is 31.4. The second-order valence-electron chi connectivity index (χ2n) is 20.5. The molecule has 0 aliphatic carbocycles. The van der Waals surface area contributed by atoms with Crippen LogP contribution in [-0.4, -0.2) is 37.2 Å². The van der Waals surface area contributed by atoms with Crippen LogP contribution >= 0.6 is 0 Å². The van der Waals surface area contributed by atoms with Crippen molar-refractivity contribution < 1.29 is 28.6 Å². The zero-order valence-electron chi connectivity index (χ0n) is 49.0. The molecule has 0 bridgehead atoms. The van der Waals surface area contributed by atoms with E-state index in [0.29, 0.717) is 19.3 Å². The molecule has 0 aromatic carbocycles. The van der Waals surface area contributed by atoms with Gasteiger partial charge in [-0.05, 0) is 116 Å². The van der Waals surface area contributed by atoms with E-state index in [9.17, 15) is 14.4 Å². The summed E-state index contributed by atoms with van der Waals surface area (Å²) in [6.07, 6.45) is 85.3. The Labute approximate surface area is 463 Å². The van der Waals surface area contributed by atoms with Gasteiger partial charge in [-0.1, -0.05) is 265 Å². The Balaban J connectivity index is 4.27. The van der Waals surface area contributed by atoms with Gasteiger partial charge >= 0.3 is 17.9 Å². The van der Waals surface area contributed by atoms with Crippen LogP contribution in [-0.2, 0) is 28.6 Å². The molecule has 0 aliphatic rings. The minimum atomic E-state index is -0.791. The van der Waals surface area contributed by atoms with Crippen molar-refractivity contribution in [2.75, 3.05) is 13.2 Å². The number of carbonyl (C=O) groups is 3. The average molecular weight is 1040 g/mol. The van der Waals surface area contributed by atoms with Gasteiger partial charge in [0.1, 0.15) is 13.2 Å². The van der Waals surface area contributed by atoms with Crippen LogP contribution in [0.3, 0.4) is 0 Å². The molecule has 75 heavy (non-hydrogen) atoms. The first-order valence-electron chi connectivity index (χ1n) is 31.4. The summed E-state index contributed by atoms with van der Waals surface area (Å²) >= 11 is 0. The molecule has 0 aromatic rings. The Bertz CT molecular complexity index is 1520. The van der Waals surface area contributed by atoms with E-state index in [2.05, 4.69) is 130 Å². The van der Waals surface area contributed by atoms with Crippen LogP contribution in [0.15, 0.2) is 109 Å². The molecule has 6 nitrogen and oxygen atoms in total. The van der Waals surface area contributed by atoms with Gasteiger partial charge in [0.25, 0.3) is 0 Å². The van der Waals surface area contributed by atoms with Crippen LogP contribution < -0.4 is 0 Å². The van der Waals surface area contributed by atoms with Gasteiger partial charge in [-0.15, -0.1) is 0 Å². The maximum atomic E-state index is 12.9. The summed E-state index contributed by atoms with van der Waals surface area (Å²) in [6, 6.07) is 0. The van der Waals surface area contributed by atoms with E-state index in [1.54, 1.807) is 0 Å². The molecule has 1 atom stereocenters. The largest absolute Gasteiger partial charge is 0.462 e. The standard InChI is InChI=1S/C69H116O6/c1-4-7-10-13-16-19-22-24-26-28-30-31-32-33-34-35-36-37-39-40-42-44-47-50-53-56-59-62-68(71)74-65-66(64-73-67(70)61-58-55-52-49-46-21-18-15-12-9-6-3)75-69(72)63-60-57-54-51-48-45-43-41-38-29-27-25-23-20-17-14-11-8-5-2/h7-8,10-11,15-20,24-27,30-31,38,41,66H,4-6,9,12-14,21-23,28-29,32-37,39-40,42-65H2,1-3H3/b10-7-,11-8-,18-15-,19-16-,20-17-,26-24-,27-25-,31-30-,41-38-. The molecular weight excluding hydrogens is 925 g/mol. The zero-order valence-corrected chi connectivity index (χ0v) is 49.0. The summed E-state index contributed by atoms with van der Waals surface area (Å²) in [7, 11) is 0. The Hall–Kier alpha value is -3.93. The van der Waals surface area contributed by atoms with Gasteiger partial charge in [-0.2, -0.15) is 0 Å². The summed E-state index contributed by atoms with van der Waals surface area (Å²) in [6.45, 7) is 6.37. The van der Waals surface area contributed by atoms with E-state index in [-0.39, 0.29) is 31.1 Å². The Morgan fingerprint density at radius 2 is 0.520 bits per heavy atom. The van der Waals surface area contributed by atoms with Gasteiger partial charge in [0.2, 0.25) is 0 Å². The van der Waals surface area contributed by atoms with Crippen molar-refractivity contribution in [3.63, 3.8) is 0 Å². The quantitative estimate of drug-likeness (QED) is 0.0261. The number of hydrogen-bond donors (Lipinski definition) is 0. The number of carbonyl (C=O) groups excluding carboxylic acids is 3.